The molecule has 0 radical (unpaired) electrons. The Kier molecular flexibility index (Phi) is 6.30. The molecule has 2 aromatic carbocycles. The van der Waals surface area contributed by atoms with E-state index in [1.165, 1.54) is 0 Å². The quantitative estimate of drug-likeness (QED) is 0.852. The van der Waals surface area contributed by atoms with Crippen molar-refractivity contribution in [3.05, 3.63) is 59.2 Å². The Hall–Kier alpha value is -2.29. The predicted molar refractivity (Wildman–Crippen MR) is 80.4 cm³/mol. The van der Waals surface area contributed by atoms with Crippen molar-refractivity contribution in [1.29, 1.82) is 0 Å². The maximum Gasteiger partial charge on any atom is 0.161 e. The van der Waals surface area contributed by atoms with Gasteiger partial charge in [0.25, 0.3) is 0 Å². The number of hydrogen-bond acceptors (Lipinski definition) is 3. The first-order valence-corrected chi connectivity index (χ1v) is 6.67. The molecule has 0 aliphatic heterocycles. The van der Waals surface area contributed by atoms with Crippen LogP contribution in [0.3, 0.4) is 0 Å². The molecule has 0 aliphatic rings. The number of rotatable bonds is 4. The Morgan fingerprint density at radius 1 is 1.10 bits per heavy atom. The van der Waals surface area contributed by atoms with Gasteiger partial charge in [-0.2, -0.15) is 0 Å². The fourth-order valence-corrected chi connectivity index (χ4v) is 1.67. The lowest BCUT2D eigenvalue weighted by molar-refractivity contribution is 0.112. The summed E-state index contributed by atoms with van der Waals surface area (Å²) in [4.78, 5) is 10.7. The maximum absolute atomic E-state index is 10.7. The number of ether oxygens (including phenoxy) is 1. The molecule has 0 aromatic heterocycles. The van der Waals surface area contributed by atoms with Crippen LogP contribution in [-0.4, -0.2) is 11.4 Å². The van der Waals surface area contributed by atoms with E-state index in [0.717, 1.165) is 11.8 Å². The summed E-state index contributed by atoms with van der Waals surface area (Å²) in [6.07, 6.45) is 0.718. The standard InChI is InChI=1S/C15H14O3.C2H6/c1-11-13(9-16)7-8-14(15(11)17)18-10-12-5-3-2-4-6-12;1-2/h2-9,17H,10H2,1H3;1-2H3. The molecule has 2 rings (SSSR count). The number of phenolic OH excluding ortho intramolecular Hbond substituents is 1. The number of aldehydes is 1. The van der Waals surface area contributed by atoms with E-state index >= 15 is 0 Å². The average Bonchev–Trinajstić information content (AvgIpc) is 2.52. The summed E-state index contributed by atoms with van der Waals surface area (Å²) in [7, 11) is 0. The van der Waals surface area contributed by atoms with Crippen molar-refractivity contribution < 1.29 is 14.6 Å². The zero-order chi connectivity index (χ0) is 15.0. The van der Waals surface area contributed by atoms with Gasteiger partial charge in [-0.15, -0.1) is 0 Å². The SMILES string of the molecule is CC.Cc1c(C=O)ccc(OCc2ccccc2)c1O. The number of phenols is 1. The second kappa shape index (κ2) is 8.00. The van der Waals surface area contributed by atoms with Gasteiger partial charge in [-0.3, -0.25) is 4.79 Å². The first-order chi connectivity index (χ1) is 9.72. The second-order valence-corrected chi connectivity index (χ2v) is 4.02. The van der Waals surface area contributed by atoms with Gasteiger partial charge in [0.15, 0.2) is 11.5 Å². The van der Waals surface area contributed by atoms with Crippen LogP contribution in [-0.2, 0) is 6.61 Å². The summed E-state index contributed by atoms with van der Waals surface area (Å²) >= 11 is 0. The lowest BCUT2D eigenvalue weighted by Gasteiger charge is -2.10. The van der Waals surface area contributed by atoms with Crippen molar-refractivity contribution in [3.8, 4) is 11.5 Å². The summed E-state index contributed by atoms with van der Waals surface area (Å²) in [6.45, 7) is 6.07. The molecule has 3 heteroatoms. The minimum Gasteiger partial charge on any atom is -0.504 e. The van der Waals surface area contributed by atoms with E-state index in [-0.39, 0.29) is 5.75 Å². The molecule has 0 bridgehead atoms. The van der Waals surface area contributed by atoms with Crippen molar-refractivity contribution >= 4 is 6.29 Å². The van der Waals surface area contributed by atoms with Crippen LogP contribution in [0.5, 0.6) is 11.5 Å². The van der Waals surface area contributed by atoms with Gasteiger partial charge in [-0.1, -0.05) is 44.2 Å². The van der Waals surface area contributed by atoms with Crippen LogP contribution >= 0.6 is 0 Å². The normalized spacial score (nSPS) is 9.35. The maximum atomic E-state index is 10.7. The largest absolute Gasteiger partial charge is 0.504 e. The van der Waals surface area contributed by atoms with E-state index in [1.54, 1.807) is 19.1 Å². The lowest BCUT2D eigenvalue weighted by atomic mass is 10.1. The van der Waals surface area contributed by atoms with Crippen LogP contribution in [0.25, 0.3) is 0 Å². The first kappa shape index (κ1) is 15.8. The van der Waals surface area contributed by atoms with E-state index in [9.17, 15) is 9.90 Å². The molecule has 0 aliphatic carbocycles. The molecular formula is C17H20O3. The molecule has 20 heavy (non-hydrogen) atoms. The van der Waals surface area contributed by atoms with Crippen LogP contribution < -0.4 is 4.74 Å². The Morgan fingerprint density at radius 2 is 1.75 bits per heavy atom. The number of aromatic hydroxyl groups is 1. The molecule has 0 saturated heterocycles. The Labute approximate surface area is 119 Å². The molecule has 0 saturated carbocycles. The number of hydrogen-bond donors (Lipinski definition) is 1. The van der Waals surface area contributed by atoms with Gasteiger partial charge in [0.05, 0.1) is 0 Å². The predicted octanol–water partition coefficient (Wildman–Crippen LogP) is 4.12. The Balaban J connectivity index is 0.000000956. The molecule has 0 fully saturated rings. The monoisotopic (exact) mass is 272 g/mol. The van der Waals surface area contributed by atoms with Crippen LogP contribution in [0, 0.1) is 6.92 Å². The smallest absolute Gasteiger partial charge is 0.161 e. The molecule has 2 aromatic rings. The second-order valence-electron chi connectivity index (χ2n) is 4.02. The highest BCUT2D eigenvalue weighted by molar-refractivity contribution is 5.79. The Morgan fingerprint density at radius 3 is 2.35 bits per heavy atom. The fraction of sp³-hybridized carbons (Fsp3) is 0.235. The van der Waals surface area contributed by atoms with Crippen molar-refractivity contribution in [3.63, 3.8) is 0 Å². The number of carbonyl (C=O) groups is 1. The van der Waals surface area contributed by atoms with Gasteiger partial charge in [-0.25, -0.2) is 0 Å². The molecule has 3 nitrogen and oxygen atoms in total. The van der Waals surface area contributed by atoms with E-state index in [4.69, 9.17) is 4.74 Å². The molecule has 0 unspecified atom stereocenters. The zero-order valence-corrected chi connectivity index (χ0v) is 12.1. The fourth-order valence-electron chi connectivity index (χ4n) is 1.67. The highest BCUT2D eigenvalue weighted by Crippen LogP contribution is 2.31. The minimum atomic E-state index is 0.0236. The highest BCUT2D eigenvalue weighted by atomic mass is 16.5. The van der Waals surface area contributed by atoms with E-state index in [1.807, 2.05) is 44.2 Å². The Bertz CT molecular complexity index is 548. The number of benzene rings is 2. The highest BCUT2D eigenvalue weighted by Gasteiger charge is 2.09. The molecule has 0 spiro atoms. The van der Waals surface area contributed by atoms with E-state index in [2.05, 4.69) is 0 Å². The summed E-state index contributed by atoms with van der Waals surface area (Å²) in [5.74, 6) is 0.414. The lowest BCUT2D eigenvalue weighted by Crippen LogP contribution is -1.97. The van der Waals surface area contributed by atoms with Gasteiger partial charge >= 0.3 is 0 Å². The van der Waals surface area contributed by atoms with Crippen molar-refractivity contribution in [1.82, 2.24) is 0 Å². The van der Waals surface area contributed by atoms with Crippen LogP contribution in [0.15, 0.2) is 42.5 Å². The van der Waals surface area contributed by atoms with Gasteiger partial charge in [0, 0.05) is 11.1 Å². The molecular weight excluding hydrogens is 252 g/mol. The summed E-state index contributed by atoms with van der Waals surface area (Å²) in [5, 5.41) is 9.90. The van der Waals surface area contributed by atoms with Crippen molar-refractivity contribution in [2.24, 2.45) is 0 Å². The molecule has 106 valence electrons. The van der Waals surface area contributed by atoms with Crippen molar-refractivity contribution in [2.45, 2.75) is 27.4 Å². The minimum absolute atomic E-state index is 0.0236. The third-order valence-corrected chi connectivity index (χ3v) is 2.80. The van der Waals surface area contributed by atoms with Crippen LogP contribution in [0.2, 0.25) is 0 Å². The summed E-state index contributed by atoms with van der Waals surface area (Å²) < 4.78 is 5.54. The van der Waals surface area contributed by atoms with E-state index in [0.29, 0.717) is 23.5 Å². The van der Waals surface area contributed by atoms with Gasteiger partial charge < -0.3 is 9.84 Å². The van der Waals surface area contributed by atoms with E-state index < -0.39 is 0 Å². The number of carbonyl (C=O) groups excluding carboxylic acids is 1. The first-order valence-electron chi connectivity index (χ1n) is 6.67. The third-order valence-electron chi connectivity index (χ3n) is 2.80. The zero-order valence-electron chi connectivity index (χ0n) is 12.1. The summed E-state index contributed by atoms with van der Waals surface area (Å²) in [6, 6.07) is 12.9. The van der Waals surface area contributed by atoms with Gasteiger partial charge in [0.1, 0.15) is 12.9 Å². The molecule has 0 heterocycles. The average molecular weight is 272 g/mol. The van der Waals surface area contributed by atoms with Crippen LogP contribution in [0.1, 0.15) is 35.3 Å². The molecule has 0 atom stereocenters. The topological polar surface area (TPSA) is 46.5 Å². The van der Waals surface area contributed by atoms with Gasteiger partial charge in [0.2, 0.25) is 0 Å². The van der Waals surface area contributed by atoms with Gasteiger partial charge in [-0.05, 0) is 24.6 Å². The molecule has 1 N–H and O–H groups in total. The van der Waals surface area contributed by atoms with Crippen LogP contribution in [0.4, 0.5) is 0 Å². The third kappa shape index (κ3) is 3.85. The van der Waals surface area contributed by atoms with Crippen molar-refractivity contribution in [2.75, 3.05) is 0 Å². The summed E-state index contributed by atoms with van der Waals surface area (Å²) in [5.41, 5.74) is 2.03. The molecule has 0 amide bonds.